The first-order chi connectivity index (χ1) is 12.1. The Balaban J connectivity index is 1.54. The van der Waals surface area contributed by atoms with Crippen molar-refractivity contribution in [1.82, 2.24) is 15.1 Å². The molecule has 1 spiro atoms. The second-order valence-electron chi connectivity index (χ2n) is 7.68. The minimum absolute atomic E-state index is 0.156. The fourth-order valence-electron chi connectivity index (χ4n) is 4.04. The van der Waals surface area contributed by atoms with Gasteiger partial charge in [-0.1, -0.05) is 30.3 Å². The lowest BCUT2D eigenvalue weighted by Crippen LogP contribution is -2.32. The summed E-state index contributed by atoms with van der Waals surface area (Å²) >= 11 is 0. The zero-order chi connectivity index (χ0) is 17.4. The smallest absolute Gasteiger partial charge is 0.229 e. The average Bonchev–Trinajstić information content (AvgIpc) is 3.14. The Bertz CT molecular complexity index is 759. The molecule has 1 aromatic carbocycles. The molecule has 1 unspecified atom stereocenters. The van der Waals surface area contributed by atoms with Crippen LogP contribution >= 0.6 is 0 Å². The molecule has 1 aromatic heterocycles. The molecule has 1 atom stereocenters. The number of carbonyl (C=O) groups is 1. The molecule has 1 aliphatic heterocycles. The lowest BCUT2D eigenvalue weighted by atomic mass is 9.92. The van der Waals surface area contributed by atoms with Crippen molar-refractivity contribution in [2.75, 3.05) is 18.4 Å². The van der Waals surface area contributed by atoms with E-state index in [0.29, 0.717) is 0 Å². The Morgan fingerprint density at radius 2 is 2.00 bits per heavy atom. The van der Waals surface area contributed by atoms with Gasteiger partial charge in [0, 0.05) is 23.6 Å². The lowest BCUT2D eigenvalue weighted by Gasteiger charge is -2.23. The third kappa shape index (κ3) is 3.09. The third-order valence-electron chi connectivity index (χ3n) is 5.65. The Labute approximate surface area is 148 Å². The summed E-state index contributed by atoms with van der Waals surface area (Å²) in [5.41, 5.74) is 2.22. The monoisotopic (exact) mass is 338 g/mol. The first kappa shape index (κ1) is 16.3. The maximum atomic E-state index is 12.8. The Morgan fingerprint density at radius 1 is 1.28 bits per heavy atom. The van der Waals surface area contributed by atoms with Crippen LogP contribution in [-0.4, -0.2) is 28.8 Å². The van der Waals surface area contributed by atoms with Crippen molar-refractivity contribution in [3.63, 3.8) is 0 Å². The summed E-state index contributed by atoms with van der Waals surface area (Å²) in [6, 6.07) is 12.3. The van der Waals surface area contributed by atoms with Crippen molar-refractivity contribution in [1.29, 1.82) is 0 Å². The second-order valence-corrected chi connectivity index (χ2v) is 7.68. The van der Waals surface area contributed by atoms with E-state index in [-0.39, 0.29) is 23.3 Å². The van der Waals surface area contributed by atoms with Gasteiger partial charge in [0.2, 0.25) is 5.91 Å². The number of nitrogens with one attached hydrogen (secondary N) is 2. The van der Waals surface area contributed by atoms with Crippen molar-refractivity contribution in [2.24, 2.45) is 11.3 Å². The van der Waals surface area contributed by atoms with Gasteiger partial charge in [0.15, 0.2) is 0 Å². The van der Waals surface area contributed by atoms with E-state index in [1.807, 2.05) is 41.1 Å². The number of carbonyl (C=O) groups excluding carboxylic acids is 1. The highest BCUT2D eigenvalue weighted by Crippen LogP contribution is 2.58. The summed E-state index contributed by atoms with van der Waals surface area (Å²) < 4.78 is 1.91. The van der Waals surface area contributed by atoms with E-state index in [1.165, 1.54) is 0 Å². The molecule has 1 saturated carbocycles. The van der Waals surface area contributed by atoms with Crippen LogP contribution in [0.1, 0.15) is 39.2 Å². The fraction of sp³-hybridized carbons (Fsp3) is 0.500. The summed E-state index contributed by atoms with van der Waals surface area (Å²) in [7, 11) is 0. The molecule has 2 fully saturated rings. The zero-order valence-electron chi connectivity index (χ0n) is 15.0. The van der Waals surface area contributed by atoms with Gasteiger partial charge in [0.1, 0.15) is 5.82 Å². The van der Waals surface area contributed by atoms with Gasteiger partial charge in [-0.2, -0.15) is 5.10 Å². The molecule has 5 heteroatoms. The Morgan fingerprint density at radius 3 is 2.68 bits per heavy atom. The predicted octanol–water partition coefficient (Wildman–Crippen LogP) is 3.46. The molecule has 0 bridgehead atoms. The van der Waals surface area contributed by atoms with Crippen LogP contribution in [0.25, 0.3) is 11.3 Å². The minimum Gasteiger partial charge on any atom is -0.317 e. The molecule has 2 N–H and O–H groups in total. The number of anilines is 1. The van der Waals surface area contributed by atoms with Crippen molar-refractivity contribution in [3.8, 4) is 11.3 Å². The van der Waals surface area contributed by atoms with Gasteiger partial charge in [-0.3, -0.25) is 4.79 Å². The Hall–Kier alpha value is -2.14. The van der Waals surface area contributed by atoms with E-state index in [1.54, 1.807) is 0 Å². The van der Waals surface area contributed by atoms with Crippen LogP contribution in [0.15, 0.2) is 36.4 Å². The van der Waals surface area contributed by atoms with Gasteiger partial charge < -0.3 is 10.6 Å². The van der Waals surface area contributed by atoms with E-state index in [2.05, 4.69) is 24.5 Å². The largest absolute Gasteiger partial charge is 0.317 e. The highest BCUT2D eigenvalue weighted by molar-refractivity contribution is 5.95. The molecule has 5 nitrogen and oxygen atoms in total. The van der Waals surface area contributed by atoms with E-state index in [9.17, 15) is 4.79 Å². The molecule has 1 amide bonds. The molecule has 25 heavy (non-hydrogen) atoms. The molecule has 0 radical (unpaired) electrons. The molecule has 4 rings (SSSR count). The number of hydrogen-bond acceptors (Lipinski definition) is 3. The van der Waals surface area contributed by atoms with Crippen molar-refractivity contribution in [3.05, 3.63) is 36.4 Å². The van der Waals surface area contributed by atoms with E-state index in [4.69, 9.17) is 5.10 Å². The van der Waals surface area contributed by atoms with Gasteiger partial charge in [0.05, 0.1) is 5.69 Å². The lowest BCUT2D eigenvalue weighted by molar-refractivity contribution is -0.118. The first-order valence-electron chi connectivity index (χ1n) is 9.26. The van der Waals surface area contributed by atoms with Gasteiger partial charge in [0.25, 0.3) is 0 Å². The standard InChI is InChI=1S/C20H26N4O/c1-14(2)24-18(12-17(23-24)15-6-4-3-5-7-15)22-19(25)16-13-20(16)8-10-21-11-9-20/h3-7,12,14,16,21H,8-11,13H2,1-2H3,(H,22,25). The van der Waals surface area contributed by atoms with Gasteiger partial charge >= 0.3 is 0 Å². The summed E-state index contributed by atoms with van der Waals surface area (Å²) in [6.45, 7) is 6.24. The molecule has 2 aromatic rings. The normalized spacial score (nSPS) is 21.5. The van der Waals surface area contributed by atoms with Crippen LogP contribution in [0, 0.1) is 11.3 Å². The van der Waals surface area contributed by atoms with E-state index >= 15 is 0 Å². The van der Waals surface area contributed by atoms with Gasteiger partial charge in [-0.25, -0.2) is 4.68 Å². The van der Waals surface area contributed by atoms with Crippen molar-refractivity contribution < 1.29 is 4.79 Å². The van der Waals surface area contributed by atoms with Gasteiger partial charge in [-0.15, -0.1) is 0 Å². The molecular weight excluding hydrogens is 312 g/mol. The summed E-state index contributed by atoms with van der Waals surface area (Å²) in [6.07, 6.45) is 3.26. The summed E-state index contributed by atoms with van der Waals surface area (Å²) in [5.74, 6) is 1.11. The molecule has 132 valence electrons. The second kappa shape index (κ2) is 6.30. The topological polar surface area (TPSA) is 59.0 Å². The number of nitrogens with zero attached hydrogens (tertiary/aromatic N) is 2. The highest BCUT2D eigenvalue weighted by Gasteiger charge is 2.57. The quantitative estimate of drug-likeness (QED) is 0.897. The SMILES string of the molecule is CC(C)n1nc(-c2ccccc2)cc1NC(=O)C1CC12CCNCC2. The fourth-order valence-corrected chi connectivity index (χ4v) is 4.04. The summed E-state index contributed by atoms with van der Waals surface area (Å²) in [4.78, 5) is 12.8. The number of hydrogen-bond donors (Lipinski definition) is 2. The van der Waals surface area contributed by atoms with Crippen LogP contribution in [0.2, 0.25) is 0 Å². The minimum atomic E-state index is 0.156. The zero-order valence-corrected chi connectivity index (χ0v) is 15.0. The van der Waals surface area contributed by atoms with E-state index in [0.717, 1.165) is 49.4 Å². The molecule has 2 heterocycles. The highest BCUT2D eigenvalue weighted by atomic mass is 16.2. The number of piperidine rings is 1. The Kier molecular flexibility index (Phi) is 4.12. The number of benzene rings is 1. The summed E-state index contributed by atoms with van der Waals surface area (Å²) in [5, 5.41) is 11.3. The predicted molar refractivity (Wildman–Crippen MR) is 99.3 cm³/mol. The molecular formula is C20H26N4O. The van der Waals surface area contributed by atoms with Crippen LogP contribution in [0.4, 0.5) is 5.82 Å². The molecule has 1 saturated heterocycles. The number of amides is 1. The van der Waals surface area contributed by atoms with Crippen molar-refractivity contribution in [2.45, 2.75) is 39.2 Å². The van der Waals surface area contributed by atoms with Crippen LogP contribution in [-0.2, 0) is 4.79 Å². The van der Waals surface area contributed by atoms with E-state index < -0.39 is 0 Å². The first-order valence-corrected chi connectivity index (χ1v) is 9.26. The molecule has 2 aliphatic rings. The number of aromatic nitrogens is 2. The third-order valence-corrected chi connectivity index (χ3v) is 5.65. The maximum absolute atomic E-state index is 12.8. The van der Waals surface area contributed by atoms with Gasteiger partial charge in [-0.05, 0) is 51.6 Å². The molecule has 1 aliphatic carbocycles. The van der Waals surface area contributed by atoms with Crippen LogP contribution in [0.5, 0.6) is 0 Å². The van der Waals surface area contributed by atoms with Crippen LogP contribution in [0.3, 0.4) is 0 Å². The number of rotatable bonds is 4. The van der Waals surface area contributed by atoms with Crippen molar-refractivity contribution >= 4 is 11.7 Å². The average molecular weight is 338 g/mol. The van der Waals surface area contributed by atoms with Crippen LogP contribution < -0.4 is 10.6 Å². The maximum Gasteiger partial charge on any atom is 0.229 e.